The van der Waals surface area contributed by atoms with Crippen LogP contribution in [0, 0.1) is 0 Å². The van der Waals surface area contributed by atoms with Gasteiger partial charge in [0, 0.05) is 17.6 Å². The lowest BCUT2D eigenvalue weighted by atomic mass is 10.2. The Morgan fingerprint density at radius 1 is 1.45 bits per heavy atom. The van der Waals surface area contributed by atoms with E-state index < -0.39 is 11.4 Å². The van der Waals surface area contributed by atoms with E-state index in [0.717, 1.165) is 10.1 Å². The minimum Gasteiger partial charge on any atom is -0.598 e. The van der Waals surface area contributed by atoms with Crippen molar-refractivity contribution in [3.8, 4) is 0 Å². The second-order valence-electron chi connectivity index (χ2n) is 6.85. The van der Waals surface area contributed by atoms with Crippen LogP contribution >= 0.6 is 15.9 Å². The summed E-state index contributed by atoms with van der Waals surface area (Å²) < 4.78 is 17.8. The molecule has 3 rings (SSSR count). The maximum absolute atomic E-state index is 12.2. The molecule has 0 saturated heterocycles. The van der Waals surface area contributed by atoms with Crippen LogP contribution in [0.4, 0.5) is 0 Å². The van der Waals surface area contributed by atoms with Crippen LogP contribution in [0.25, 0.3) is 5.65 Å². The van der Waals surface area contributed by atoms with Crippen LogP contribution in [0.2, 0.25) is 0 Å². The van der Waals surface area contributed by atoms with Crippen molar-refractivity contribution in [3.63, 3.8) is 0 Å². The van der Waals surface area contributed by atoms with Gasteiger partial charge in [-0.3, -0.25) is 0 Å². The molecule has 0 unspecified atom stereocenters. The minimum absolute atomic E-state index is 0.170. The van der Waals surface area contributed by atoms with Gasteiger partial charge in [0.15, 0.2) is 11.5 Å². The first-order chi connectivity index (χ1) is 10.3. The number of nitrogens with zero attached hydrogens (tertiary/aromatic N) is 3. The quantitative estimate of drug-likeness (QED) is 0.819. The topological polar surface area (TPSA) is 65.3 Å². The average molecular weight is 385 g/mol. The van der Waals surface area contributed by atoms with Gasteiger partial charge in [-0.05, 0) is 74.0 Å². The summed E-state index contributed by atoms with van der Waals surface area (Å²) in [4.78, 5) is 4.58. The standard InChI is InChI=1S/C15H21BrN4OS/c1-9(19-22(21)15(2,3)4)13-17-14-12(16)7-11(10-5-6-10)8-20(14)18-13/h7-10,19H,5-6H2,1-4H3/t9-,22+/m0/s1. The smallest absolute Gasteiger partial charge is 0.172 e. The number of nitrogens with one attached hydrogen (secondary N) is 1. The Bertz CT molecular complexity index is 693. The predicted molar refractivity (Wildman–Crippen MR) is 92.1 cm³/mol. The second-order valence-corrected chi connectivity index (χ2v) is 9.71. The largest absolute Gasteiger partial charge is 0.598 e. The molecular weight excluding hydrogens is 364 g/mol. The Kier molecular flexibility index (Phi) is 4.26. The van der Waals surface area contributed by atoms with Crippen molar-refractivity contribution in [2.45, 2.75) is 57.2 Å². The molecule has 1 N–H and O–H groups in total. The van der Waals surface area contributed by atoms with Crippen LogP contribution in [0.3, 0.4) is 0 Å². The van der Waals surface area contributed by atoms with Crippen molar-refractivity contribution in [3.05, 3.63) is 28.1 Å². The number of hydrogen-bond acceptors (Lipinski definition) is 4. The van der Waals surface area contributed by atoms with E-state index in [1.165, 1.54) is 18.4 Å². The molecule has 5 nitrogen and oxygen atoms in total. The van der Waals surface area contributed by atoms with E-state index in [2.05, 4.69) is 43.0 Å². The average Bonchev–Trinajstić information content (AvgIpc) is 3.17. The van der Waals surface area contributed by atoms with Crippen LogP contribution in [-0.2, 0) is 11.4 Å². The zero-order valence-corrected chi connectivity index (χ0v) is 15.7. The SMILES string of the molecule is C[C@H](N[S@+]([O-])C(C)(C)C)c1nc2c(Br)cc(C3CC3)cn2n1. The number of rotatable bonds is 4. The Balaban J connectivity index is 1.86. The lowest BCUT2D eigenvalue weighted by molar-refractivity contribution is 0.526. The summed E-state index contributed by atoms with van der Waals surface area (Å²) in [6, 6.07) is 1.97. The summed E-state index contributed by atoms with van der Waals surface area (Å²) in [5.41, 5.74) is 2.10. The number of hydrogen-bond donors (Lipinski definition) is 1. The number of fused-ring (bicyclic) bond motifs is 1. The van der Waals surface area contributed by atoms with Crippen molar-refractivity contribution in [1.29, 1.82) is 0 Å². The summed E-state index contributed by atoms with van der Waals surface area (Å²) in [6.45, 7) is 7.77. The molecule has 2 aromatic rings. The van der Waals surface area contributed by atoms with Crippen LogP contribution in [0.15, 0.2) is 16.7 Å². The van der Waals surface area contributed by atoms with Crippen molar-refractivity contribution in [2.75, 3.05) is 0 Å². The zero-order valence-electron chi connectivity index (χ0n) is 13.3. The molecule has 1 fully saturated rings. The first-order valence-electron chi connectivity index (χ1n) is 7.49. The van der Waals surface area contributed by atoms with Crippen LogP contribution < -0.4 is 4.72 Å². The first kappa shape index (κ1) is 16.2. The fraction of sp³-hybridized carbons (Fsp3) is 0.600. The molecule has 2 aromatic heterocycles. The highest BCUT2D eigenvalue weighted by atomic mass is 79.9. The summed E-state index contributed by atoms with van der Waals surface area (Å²) in [6.07, 6.45) is 4.56. The van der Waals surface area contributed by atoms with Gasteiger partial charge in [0.05, 0.1) is 4.47 Å². The van der Waals surface area contributed by atoms with Crippen LogP contribution in [0.1, 0.15) is 63.9 Å². The van der Waals surface area contributed by atoms with Gasteiger partial charge < -0.3 is 4.55 Å². The third-order valence-corrected chi connectivity index (χ3v) is 5.97. The summed E-state index contributed by atoms with van der Waals surface area (Å²) in [5.74, 6) is 1.32. The molecule has 120 valence electrons. The lowest BCUT2D eigenvalue weighted by Crippen LogP contribution is -2.40. The Morgan fingerprint density at radius 3 is 2.73 bits per heavy atom. The fourth-order valence-electron chi connectivity index (χ4n) is 2.20. The first-order valence-corrected chi connectivity index (χ1v) is 9.44. The van der Waals surface area contributed by atoms with E-state index in [9.17, 15) is 4.55 Å². The predicted octanol–water partition coefficient (Wildman–Crippen LogP) is 3.48. The molecule has 1 aliphatic rings. The monoisotopic (exact) mass is 384 g/mol. The Labute approximate surface area is 142 Å². The van der Waals surface area contributed by atoms with Gasteiger partial charge in [0.2, 0.25) is 0 Å². The Morgan fingerprint density at radius 2 is 2.14 bits per heavy atom. The van der Waals surface area contributed by atoms with Gasteiger partial charge in [0.1, 0.15) is 10.8 Å². The molecule has 2 atom stereocenters. The van der Waals surface area contributed by atoms with E-state index in [1.54, 1.807) is 0 Å². The number of aromatic nitrogens is 3. The third-order valence-electron chi connectivity index (χ3n) is 3.70. The van der Waals surface area contributed by atoms with Crippen molar-refractivity contribution in [1.82, 2.24) is 19.3 Å². The maximum Gasteiger partial charge on any atom is 0.172 e. The van der Waals surface area contributed by atoms with Crippen LogP contribution in [-0.4, -0.2) is 23.9 Å². The normalized spacial score (nSPS) is 18.6. The minimum atomic E-state index is -1.15. The molecule has 0 amide bonds. The number of pyridine rings is 1. The van der Waals surface area contributed by atoms with E-state index >= 15 is 0 Å². The number of halogens is 1. The van der Waals surface area contributed by atoms with E-state index in [1.807, 2.05) is 32.2 Å². The van der Waals surface area contributed by atoms with Gasteiger partial charge in [-0.1, -0.05) is 0 Å². The van der Waals surface area contributed by atoms with Gasteiger partial charge >= 0.3 is 0 Å². The maximum atomic E-state index is 12.2. The molecular formula is C15H21BrN4OS. The summed E-state index contributed by atoms with van der Waals surface area (Å²) in [5, 5.41) is 4.56. The van der Waals surface area contributed by atoms with Crippen molar-refractivity contribution >= 4 is 32.9 Å². The van der Waals surface area contributed by atoms with E-state index in [4.69, 9.17) is 0 Å². The third kappa shape index (κ3) is 3.32. The van der Waals surface area contributed by atoms with Gasteiger partial charge in [-0.25, -0.2) is 9.50 Å². The highest BCUT2D eigenvalue weighted by Gasteiger charge is 2.30. The van der Waals surface area contributed by atoms with E-state index in [-0.39, 0.29) is 10.8 Å². The molecule has 7 heteroatoms. The summed E-state index contributed by atoms with van der Waals surface area (Å²) >= 11 is 2.44. The highest BCUT2D eigenvalue weighted by Crippen LogP contribution is 2.41. The molecule has 0 aliphatic heterocycles. The van der Waals surface area contributed by atoms with Crippen LogP contribution in [0.5, 0.6) is 0 Å². The molecule has 2 heterocycles. The second kappa shape index (κ2) is 5.78. The van der Waals surface area contributed by atoms with Gasteiger partial charge in [-0.2, -0.15) is 0 Å². The van der Waals surface area contributed by atoms with Crippen molar-refractivity contribution < 1.29 is 4.55 Å². The molecule has 0 aromatic carbocycles. The molecule has 0 spiro atoms. The molecule has 0 radical (unpaired) electrons. The molecule has 1 aliphatic carbocycles. The van der Waals surface area contributed by atoms with Gasteiger partial charge in [0.25, 0.3) is 0 Å². The van der Waals surface area contributed by atoms with Crippen molar-refractivity contribution in [2.24, 2.45) is 0 Å². The van der Waals surface area contributed by atoms with Gasteiger partial charge in [-0.15, -0.1) is 9.82 Å². The lowest BCUT2D eigenvalue weighted by Gasteiger charge is -2.25. The van der Waals surface area contributed by atoms with E-state index in [0.29, 0.717) is 11.7 Å². The molecule has 22 heavy (non-hydrogen) atoms. The zero-order chi connectivity index (χ0) is 16.1. The summed E-state index contributed by atoms with van der Waals surface area (Å²) in [7, 11) is 0. The molecule has 0 bridgehead atoms. The highest BCUT2D eigenvalue weighted by molar-refractivity contribution is 9.10. The fourth-order valence-corrected chi connectivity index (χ4v) is 3.51. The molecule has 1 saturated carbocycles. The Hall–Kier alpha value is -0.630.